The topological polar surface area (TPSA) is 55.6 Å². The molecule has 2 heterocycles. The van der Waals surface area contributed by atoms with E-state index >= 15 is 0 Å². The molecule has 4 rings (SSSR count). The van der Waals surface area contributed by atoms with Crippen molar-refractivity contribution >= 4 is 39.4 Å². The number of halogens is 1. The Labute approximate surface area is 195 Å². The first-order valence-electron chi connectivity index (χ1n) is 10.3. The van der Waals surface area contributed by atoms with Crippen LogP contribution in [0.4, 0.5) is 5.82 Å². The van der Waals surface area contributed by atoms with Crippen molar-refractivity contribution in [2.75, 3.05) is 5.32 Å². The van der Waals surface area contributed by atoms with Crippen LogP contribution < -0.4 is 10.1 Å². The molecule has 2 aromatic heterocycles. The number of rotatable bonds is 5. The van der Waals surface area contributed by atoms with Crippen molar-refractivity contribution in [2.45, 2.75) is 26.3 Å². The average Bonchev–Trinajstić information content (AvgIpc) is 3.09. The lowest BCUT2D eigenvalue weighted by Gasteiger charge is -2.22. The molecule has 32 heavy (non-hydrogen) atoms. The fraction of sp³-hybridized carbons (Fsp3) is 0.154. The van der Waals surface area contributed by atoms with Crippen molar-refractivity contribution in [3.05, 3.63) is 89.0 Å². The highest BCUT2D eigenvalue weighted by atomic mass is 79.9. The number of anilines is 1. The lowest BCUT2D eigenvalue weighted by molar-refractivity contribution is -0.128. The van der Waals surface area contributed by atoms with Gasteiger partial charge in [0.15, 0.2) is 0 Å². The van der Waals surface area contributed by atoms with Gasteiger partial charge in [-0.1, -0.05) is 42.5 Å². The molecule has 0 bridgehead atoms. The first-order chi connectivity index (χ1) is 15.3. The molecule has 0 radical (unpaired) electrons. The number of nitrogens with one attached hydrogen (secondary N) is 1. The summed E-state index contributed by atoms with van der Waals surface area (Å²) in [6.45, 7) is 6.31. The second-order valence-corrected chi connectivity index (χ2v) is 9.37. The Kier molecular flexibility index (Phi) is 6.15. The van der Waals surface area contributed by atoms with Crippen LogP contribution in [0.25, 0.3) is 23.0 Å². The Morgan fingerprint density at radius 1 is 1.06 bits per heavy atom. The van der Waals surface area contributed by atoms with Crippen LogP contribution in [-0.2, 0) is 4.79 Å². The van der Waals surface area contributed by atoms with Gasteiger partial charge in [-0.05, 0) is 72.6 Å². The molecule has 0 spiro atoms. The number of nitrogens with zero attached hydrogens (tertiary/aromatic N) is 2. The molecule has 1 N–H and O–H groups in total. The van der Waals surface area contributed by atoms with Gasteiger partial charge in [0.1, 0.15) is 22.9 Å². The van der Waals surface area contributed by atoms with E-state index in [2.05, 4.69) is 42.0 Å². The Morgan fingerprint density at radius 2 is 1.84 bits per heavy atom. The van der Waals surface area contributed by atoms with Crippen molar-refractivity contribution in [3.63, 3.8) is 0 Å². The summed E-state index contributed by atoms with van der Waals surface area (Å²) in [5, 5.41) is 3.56. The highest BCUT2D eigenvalue weighted by Crippen LogP contribution is 2.33. The summed E-state index contributed by atoms with van der Waals surface area (Å²) in [6, 6.07) is 21.0. The third kappa shape index (κ3) is 5.26. The van der Waals surface area contributed by atoms with Gasteiger partial charge < -0.3 is 10.1 Å². The number of imidazole rings is 1. The second-order valence-electron chi connectivity index (χ2n) is 8.45. The summed E-state index contributed by atoms with van der Waals surface area (Å²) in [4.78, 5) is 17.1. The number of benzene rings is 2. The third-order valence-corrected chi connectivity index (χ3v) is 5.08. The highest BCUT2D eigenvalue weighted by Gasteiger charge is 2.20. The molecule has 0 amide bonds. The van der Waals surface area contributed by atoms with E-state index in [0.29, 0.717) is 5.75 Å². The number of hydrogen-bond donors (Lipinski definition) is 1. The molecule has 6 heteroatoms. The van der Waals surface area contributed by atoms with Crippen LogP contribution in [0.1, 0.15) is 26.3 Å². The van der Waals surface area contributed by atoms with Crippen molar-refractivity contribution in [3.8, 4) is 17.0 Å². The molecule has 2 aromatic carbocycles. The fourth-order valence-corrected chi connectivity index (χ4v) is 3.62. The quantitative estimate of drug-likeness (QED) is 0.195. The first kappa shape index (κ1) is 21.8. The van der Waals surface area contributed by atoms with Crippen molar-refractivity contribution < 1.29 is 9.53 Å². The molecule has 5 nitrogen and oxygen atoms in total. The molecule has 0 fully saturated rings. The molecular formula is C26H24BrN3O2. The number of aromatic nitrogens is 2. The van der Waals surface area contributed by atoms with Crippen LogP contribution in [0, 0.1) is 0 Å². The third-order valence-electron chi connectivity index (χ3n) is 4.61. The molecule has 0 unspecified atom stereocenters. The Bertz CT molecular complexity index is 1290. The van der Waals surface area contributed by atoms with Crippen LogP contribution in [0.5, 0.6) is 5.75 Å². The van der Waals surface area contributed by atoms with Crippen molar-refractivity contribution in [2.24, 2.45) is 0 Å². The molecule has 4 aromatic rings. The fourth-order valence-electron chi connectivity index (χ4n) is 3.28. The van der Waals surface area contributed by atoms with E-state index in [9.17, 15) is 4.79 Å². The van der Waals surface area contributed by atoms with Gasteiger partial charge in [0, 0.05) is 27.8 Å². The summed E-state index contributed by atoms with van der Waals surface area (Å²) >= 11 is 3.54. The van der Waals surface area contributed by atoms with Gasteiger partial charge in [0.2, 0.25) is 0 Å². The zero-order chi connectivity index (χ0) is 22.7. The van der Waals surface area contributed by atoms with Gasteiger partial charge in [0.05, 0.1) is 0 Å². The number of fused-ring (bicyclic) bond motifs is 1. The minimum atomic E-state index is -0.432. The first-order valence-corrected chi connectivity index (χ1v) is 11.1. The van der Waals surface area contributed by atoms with E-state index in [0.717, 1.165) is 32.8 Å². The molecule has 0 saturated carbocycles. The number of carbonyl (C=O) groups excluding carboxylic acids is 1. The summed E-state index contributed by atoms with van der Waals surface area (Å²) in [5.74, 6) is 0.907. The summed E-state index contributed by atoms with van der Waals surface area (Å²) < 4.78 is 8.52. The van der Waals surface area contributed by atoms with Crippen LogP contribution >= 0.6 is 15.9 Å². The molecular weight excluding hydrogens is 466 g/mol. The van der Waals surface area contributed by atoms with Crippen LogP contribution in [0.3, 0.4) is 0 Å². The molecule has 0 aliphatic rings. The Hall–Kier alpha value is -3.38. The normalized spacial score (nSPS) is 11.8. The lowest BCUT2D eigenvalue weighted by atomic mass is 10.1. The van der Waals surface area contributed by atoms with Gasteiger partial charge in [-0.15, -0.1) is 0 Å². The predicted molar refractivity (Wildman–Crippen MR) is 133 cm³/mol. The summed E-state index contributed by atoms with van der Waals surface area (Å²) in [5.41, 5.74) is 3.24. The maximum Gasteiger partial charge on any atom is 0.336 e. The van der Waals surface area contributed by atoms with Crippen LogP contribution in [0.2, 0.25) is 0 Å². The molecule has 0 atom stereocenters. The van der Waals surface area contributed by atoms with Gasteiger partial charge in [-0.3, -0.25) is 4.40 Å². The number of ether oxygens (including phenoxy) is 1. The standard InChI is InChI=1S/C26H24BrN3O2/c1-26(2,3)29-25-24(28-22-14-13-20(27)17-30(22)25)19-10-7-11-21(16-19)32-23(31)15-12-18-8-5-4-6-9-18/h4-17,29H,1-3H3. The predicted octanol–water partition coefficient (Wildman–Crippen LogP) is 6.59. The average molecular weight is 490 g/mol. The summed E-state index contributed by atoms with van der Waals surface area (Å²) in [6.07, 6.45) is 5.15. The van der Waals surface area contributed by atoms with E-state index < -0.39 is 5.97 Å². The Balaban J connectivity index is 1.65. The maximum absolute atomic E-state index is 12.3. The number of hydrogen-bond acceptors (Lipinski definition) is 4. The monoisotopic (exact) mass is 489 g/mol. The van der Waals surface area contributed by atoms with Gasteiger partial charge in [-0.2, -0.15) is 0 Å². The zero-order valence-electron chi connectivity index (χ0n) is 18.2. The largest absolute Gasteiger partial charge is 0.423 e. The van der Waals surface area contributed by atoms with Gasteiger partial charge in [0.25, 0.3) is 0 Å². The Morgan fingerprint density at radius 3 is 2.59 bits per heavy atom. The molecule has 0 aliphatic carbocycles. The van der Waals surface area contributed by atoms with E-state index in [1.807, 2.05) is 71.3 Å². The van der Waals surface area contributed by atoms with E-state index in [4.69, 9.17) is 9.72 Å². The number of carbonyl (C=O) groups is 1. The van der Waals surface area contributed by atoms with E-state index in [1.165, 1.54) is 6.08 Å². The summed E-state index contributed by atoms with van der Waals surface area (Å²) in [7, 11) is 0. The smallest absolute Gasteiger partial charge is 0.336 e. The van der Waals surface area contributed by atoms with E-state index in [1.54, 1.807) is 12.1 Å². The van der Waals surface area contributed by atoms with Crippen molar-refractivity contribution in [1.29, 1.82) is 0 Å². The maximum atomic E-state index is 12.3. The van der Waals surface area contributed by atoms with Gasteiger partial charge in [-0.25, -0.2) is 9.78 Å². The van der Waals surface area contributed by atoms with E-state index in [-0.39, 0.29) is 5.54 Å². The number of pyridine rings is 1. The van der Waals surface area contributed by atoms with Crippen LogP contribution in [-0.4, -0.2) is 20.9 Å². The van der Waals surface area contributed by atoms with Crippen LogP contribution in [0.15, 0.2) is 83.5 Å². The molecule has 0 aliphatic heterocycles. The number of esters is 1. The van der Waals surface area contributed by atoms with Crippen molar-refractivity contribution in [1.82, 2.24) is 9.38 Å². The minimum absolute atomic E-state index is 0.167. The molecule has 162 valence electrons. The van der Waals surface area contributed by atoms with Gasteiger partial charge >= 0.3 is 5.97 Å². The zero-order valence-corrected chi connectivity index (χ0v) is 19.8. The minimum Gasteiger partial charge on any atom is -0.423 e. The highest BCUT2D eigenvalue weighted by molar-refractivity contribution is 9.10. The lowest BCUT2D eigenvalue weighted by Crippen LogP contribution is -2.27. The molecule has 0 saturated heterocycles. The second kappa shape index (κ2) is 9.01. The SMILES string of the molecule is CC(C)(C)Nc1c(-c2cccc(OC(=O)C=Cc3ccccc3)c2)nc2ccc(Br)cn12.